The fourth-order valence-corrected chi connectivity index (χ4v) is 0.718. The molecule has 1 unspecified atom stereocenters. The molecule has 0 amide bonds. The predicted octanol–water partition coefficient (Wildman–Crippen LogP) is 1.64. The van der Waals surface area contributed by atoms with Crippen LogP contribution >= 0.6 is 0 Å². The lowest BCUT2D eigenvalue weighted by Crippen LogP contribution is -2.09. The molecule has 0 saturated carbocycles. The van der Waals surface area contributed by atoms with Crippen molar-refractivity contribution in [3.63, 3.8) is 0 Å². The molecule has 3 N–H and O–H groups in total. The van der Waals surface area contributed by atoms with Crippen LogP contribution < -0.4 is 5.73 Å². The lowest BCUT2D eigenvalue weighted by Gasteiger charge is -2.03. The quantitative estimate of drug-likeness (QED) is 0.490. The summed E-state index contributed by atoms with van der Waals surface area (Å²) in [6, 6.07) is 0. The maximum absolute atomic E-state index is 10.3. The van der Waals surface area contributed by atoms with Crippen LogP contribution in [0.15, 0.2) is 13.2 Å². The highest BCUT2D eigenvalue weighted by Crippen LogP contribution is 2.06. The molecule has 0 aromatic carbocycles. The highest BCUT2D eigenvalue weighted by atomic mass is 16.4. The molecule has 3 nitrogen and oxygen atoms in total. The van der Waals surface area contributed by atoms with Crippen LogP contribution in [0, 0.1) is 5.92 Å². The largest absolute Gasteiger partial charge is 0.481 e. The average molecular weight is 173 g/mol. The fraction of sp³-hybridized carbons (Fsp3) is 0.667. The number of aliphatic carboxylic acids is 1. The first kappa shape index (κ1) is 13.7. The molecule has 12 heavy (non-hydrogen) atoms. The molecule has 0 heterocycles. The molecular weight excluding hydrogens is 154 g/mol. The number of hydrogen-bond acceptors (Lipinski definition) is 2. The zero-order valence-electron chi connectivity index (χ0n) is 7.75. The van der Waals surface area contributed by atoms with Crippen molar-refractivity contribution < 1.29 is 9.90 Å². The minimum absolute atomic E-state index is 0.216. The Balaban J connectivity index is 0. The van der Waals surface area contributed by atoms with Crippen LogP contribution in [-0.4, -0.2) is 17.6 Å². The Kier molecular flexibility index (Phi) is 11.6. The Morgan fingerprint density at radius 3 is 2.33 bits per heavy atom. The van der Waals surface area contributed by atoms with Crippen LogP contribution in [0.1, 0.15) is 26.2 Å². The average Bonchev–Trinajstić information content (AvgIpc) is 2.08. The molecule has 0 aromatic heterocycles. The second kappa shape index (κ2) is 10.2. The summed E-state index contributed by atoms with van der Waals surface area (Å²) in [6.07, 6.45) is 2.59. The third-order valence-corrected chi connectivity index (χ3v) is 1.51. The number of carboxylic acids is 1. The van der Waals surface area contributed by atoms with Gasteiger partial charge in [-0.25, -0.2) is 0 Å². The molecule has 0 rings (SSSR count). The summed E-state index contributed by atoms with van der Waals surface area (Å²) in [5.41, 5.74) is 5.24. The van der Waals surface area contributed by atoms with E-state index < -0.39 is 5.97 Å². The molecule has 0 saturated heterocycles. The van der Waals surface area contributed by atoms with Gasteiger partial charge in [-0.3, -0.25) is 4.79 Å². The first-order valence-electron chi connectivity index (χ1n) is 4.11. The van der Waals surface area contributed by atoms with E-state index in [1.165, 1.54) is 0 Å². The van der Waals surface area contributed by atoms with Crippen LogP contribution in [-0.2, 0) is 4.79 Å². The van der Waals surface area contributed by atoms with Crippen LogP contribution in [0.2, 0.25) is 0 Å². The van der Waals surface area contributed by atoms with Gasteiger partial charge in [0.05, 0.1) is 5.92 Å². The van der Waals surface area contributed by atoms with E-state index in [0.29, 0.717) is 6.54 Å². The monoisotopic (exact) mass is 173 g/mol. The third-order valence-electron chi connectivity index (χ3n) is 1.51. The zero-order valence-corrected chi connectivity index (χ0v) is 7.75. The van der Waals surface area contributed by atoms with Gasteiger partial charge < -0.3 is 10.8 Å². The number of carboxylic acid groups (broad SMARTS) is 1. The molecule has 0 aliphatic carbocycles. The van der Waals surface area contributed by atoms with Gasteiger partial charge >= 0.3 is 5.97 Å². The van der Waals surface area contributed by atoms with E-state index >= 15 is 0 Å². The molecule has 0 spiro atoms. The van der Waals surface area contributed by atoms with Crippen molar-refractivity contribution >= 4 is 5.97 Å². The predicted molar refractivity (Wildman–Crippen MR) is 51.0 cm³/mol. The molecule has 72 valence electrons. The van der Waals surface area contributed by atoms with Gasteiger partial charge in [-0.2, -0.15) is 0 Å². The first-order valence-corrected chi connectivity index (χ1v) is 4.11. The summed E-state index contributed by atoms with van der Waals surface area (Å²) in [7, 11) is 0. The summed E-state index contributed by atoms with van der Waals surface area (Å²) in [6.45, 7) is 8.38. The lowest BCUT2D eigenvalue weighted by molar-refractivity contribution is -0.141. The number of nitrogens with two attached hydrogens (primary N) is 1. The third kappa shape index (κ3) is 9.17. The molecule has 0 aliphatic rings. The van der Waals surface area contributed by atoms with Gasteiger partial charge in [0.25, 0.3) is 0 Å². The second-order valence-electron chi connectivity index (χ2n) is 2.52. The number of unbranched alkanes of at least 4 members (excludes halogenated alkanes) is 1. The van der Waals surface area contributed by atoms with E-state index in [2.05, 4.69) is 13.2 Å². The summed E-state index contributed by atoms with van der Waals surface area (Å²) >= 11 is 0. The summed E-state index contributed by atoms with van der Waals surface area (Å²) in [4.78, 5) is 10.3. The smallest absolute Gasteiger partial charge is 0.306 e. The van der Waals surface area contributed by atoms with Gasteiger partial charge in [0.15, 0.2) is 0 Å². The Bertz CT molecular complexity index is 115. The molecule has 0 fully saturated rings. The van der Waals surface area contributed by atoms with Crippen molar-refractivity contribution in [1.29, 1.82) is 0 Å². The van der Waals surface area contributed by atoms with Gasteiger partial charge in [0.2, 0.25) is 0 Å². The van der Waals surface area contributed by atoms with Crippen molar-refractivity contribution in [2.75, 3.05) is 6.54 Å². The lowest BCUT2D eigenvalue weighted by atomic mass is 10.1. The standard InChI is InChI=1S/C7H15NO2.C2H4/c1-6(7(9)10)4-2-3-5-8;1-2/h6H,2-5,8H2,1H3,(H,9,10);1-2H2. The van der Waals surface area contributed by atoms with E-state index in [1.807, 2.05) is 0 Å². The van der Waals surface area contributed by atoms with Gasteiger partial charge in [0, 0.05) is 0 Å². The topological polar surface area (TPSA) is 63.3 Å². The van der Waals surface area contributed by atoms with E-state index in [4.69, 9.17) is 10.8 Å². The summed E-state index contributed by atoms with van der Waals surface area (Å²) < 4.78 is 0. The Morgan fingerprint density at radius 2 is 2.00 bits per heavy atom. The Labute approximate surface area is 74.3 Å². The van der Waals surface area contributed by atoms with Crippen LogP contribution in [0.3, 0.4) is 0 Å². The highest BCUT2D eigenvalue weighted by molar-refractivity contribution is 5.69. The van der Waals surface area contributed by atoms with Gasteiger partial charge in [-0.15, -0.1) is 13.2 Å². The van der Waals surface area contributed by atoms with Crippen molar-refractivity contribution in [3.05, 3.63) is 13.2 Å². The van der Waals surface area contributed by atoms with Crippen LogP contribution in [0.5, 0.6) is 0 Å². The van der Waals surface area contributed by atoms with E-state index in [-0.39, 0.29) is 5.92 Å². The molecule has 0 bridgehead atoms. The van der Waals surface area contributed by atoms with Crippen molar-refractivity contribution in [1.82, 2.24) is 0 Å². The van der Waals surface area contributed by atoms with Crippen molar-refractivity contribution in [2.24, 2.45) is 11.7 Å². The second-order valence-corrected chi connectivity index (χ2v) is 2.52. The van der Waals surface area contributed by atoms with E-state index in [0.717, 1.165) is 19.3 Å². The molecule has 3 heteroatoms. The molecule has 1 atom stereocenters. The number of carbonyl (C=O) groups is 1. The summed E-state index contributed by atoms with van der Waals surface area (Å²) in [5.74, 6) is -0.927. The summed E-state index contributed by atoms with van der Waals surface area (Å²) in [5, 5.41) is 8.45. The first-order chi connectivity index (χ1) is 5.68. The molecular formula is C9H19NO2. The fourth-order valence-electron chi connectivity index (χ4n) is 0.718. The maximum Gasteiger partial charge on any atom is 0.306 e. The van der Waals surface area contributed by atoms with Gasteiger partial charge in [-0.05, 0) is 19.4 Å². The van der Waals surface area contributed by atoms with E-state index in [1.54, 1.807) is 6.92 Å². The number of rotatable bonds is 5. The minimum atomic E-state index is -0.711. The van der Waals surface area contributed by atoms with Crippen molar-refractivity contribution in [2.45, 2.75) is 26.2 Å². The van der Waals surface area contributed by atoms with E-state index in [9.17, 15) is 4.79 Å². The maximum atomic E-state index is 10.3. The van der Waals surface area contributed by atoms with Crippen LogP contribution in [0.4, 0.5) is 0 Å². The van der Waals surface area contributed by atoms with Crippen LogP contribution in [0.25, 0.3) is 0 Å². The highest BCUT2D eigenvalue weighted by Gasteiger charge is 2.08. The number of hydrogen-bond donors (Lipinski definition) is 2. The Hall–Kier alpha value is -0.830. The van der Waals surface area contributed by atoms with Crippen molar-refractivity contribution in [3.8, 4) is 0 Å². The molecule has 0 aromatic rings. The van der Waals surface area contributed by atoms with Gasteiger partial charge in [0.1, 0.15) is 0 Å². The minimum Gasteiger partial charge on any atom is -0.481 e. The zero-order chi connectivity index (χ0) is 9.98. The molecule has 0 aliphatic heterocycles. The molecule has 0 radical (unpaired) electrons. The Morgan fingerprint density at radius 1 is 1.50 bits per heavy atom. The normalized spacial score (nSPS) is 11.2. The SMILES string of the molecule is C=C.CC(CCCCN)C(=O)O. The van der Waals surface area contributed by atoms with Gasteiger partial charge in [-0.1, -0.05) is 13.3 Å².